The number of sulfonamides is 1. The summed E-state index contributed by atoms with van der Waals surface area (Å²) in [6.45, 7) is 4.61. The molecule has 0 saturated heterocycles. The van der Waals surface area contributed by atoms with Crippen LogP contribution in [0.3, 0.4) is 0 Å². The van der Waals surface area contributed by atoms with Crippen molar-refractivity contribution in [3.8, 4) is 0 Å². The maximum absolute atomic E-state index is 12.6. The Morgan fingerprint density at radius 1 is 1.00 bits per heavy atom. The van der Waals surface area contributed by atoms with Crippen LogP contribution in [0.5, 0.6) is 0 Å². The summed E-state index contributed by atoms with van der Waals surface area (Å²) in [7, 11) is -3.46. The third-order valence-corrected chi connectivity index (χ3v) is 6.42. The van der Waals surface area contributed by atoms with E-state index in [-0.39, 0.29) is 5.41 Å². The number of rotatable bonds is 6. The Balaban J connectivity index is 1.77. The van der Waals surface area contributed by atoms with E-state index in [1.54, 1.807) is 12.1 Å². The van der Waals surface area contributed by atoms with Gasteiger partial charge in [-0.25, -0.2) is 13.1 Å². The van der Waals surface area contributed by atoms with E-state index < -0.39 is 10.0 Å². The van der Waals surface area contributed by atoms with Gasteiger partial charge in [-0.3, -0.25) is 0 Å². The summed E-state index contributed by atoms with van der Waals surface area (Å²) in [4.78, 5) is 0.343. The summed E-state index contributed by atoms with van der Waals surface area (Å²) >= 11 is 0. The van der Waals surface area contributed by atoms with Crippen LogP contribution in [0.4, 0.5) is 0 Å². The smallest absolute Gasteiger partial charge is 0.211 e. The van der Waals surface area contributed by atoms with E-state index in [1.165, 1.54) is 11.1 Å². The molecule has 0 aliphatic heterocycles. The van der Waals surface area contributed by atoms with E-state index in [2.05, 4.69) is 35.9 Å². The number of aryl methyl sites for hydroxylation is 1. The Kier molecular flexibility index (Phi) is 4.79. The molecule has 0 radical (unpaired) electrons. The molecule has 1 aliphatic rings. The van der Waals surface area contributed by atoms with Crippen molar-refractivity contribution in [3.05, 3.63) is 65.2 Å². The van der Waals surface area contributed by atoms with Gasteiger partial charge in [-0.15, -0.1) is 0 Å². The molecule has 0 amide bonds. The Bertz CT molecular complexity index is 785. The Morgan fingerprint density at radius 2 is 1.58 bits per heavy atom. The van der Waals surface area contributed by atoms with Gasteiger partial charge in [0.15, 0.2) is 0 Å². The SMILES string of the molecule is CCCC1(CNS(=O)(=O)c2ccc(C)cc2)Cc2ccccc2C1. The second-order valence-corrected chi connectivity index (χ2v) is 8.78. The zero-order valence-corrected chi connectivity index (χ0v) is 15.2. The van der Waals surface area contributed by atoms with Crippen molar-refractivity contribution >= 4 is 10.0 Å². The second kappa shape index (κ2) is 6.69. The Morgan fingerprint density at radius 3 is 2.12 bits per heavy atom. The zero-order valence-electron chi connectivity index (χ0n) is 14.4. The highest BCUT2D eigenvalue weighted by Crippen LogP contribution is 2.40. The number of hydrogen-bond donors (Lipinski definition) is 1. The van der Waals surface area contributed by atoms with Crippen molar-refractivity contribution in [2.45, 2.75) is 44.4 Å². The molecule has 4 heteroatoms. The van der Waals surface area contributed by atoms with Crippen LogP contribution >= 0.6 is 0 Å². The highest BCUT2D eigenvalue weighted by atomic mass is 32.2. The molecule has 1 aliphatic carbocycles. The first-order valence-electron chi connectivity index (χ1n) is 8.57. The van der Waals surface area contributed by atoms with Crippen molar-refractivity contribution in [2.24, 2.45) is 5.41 Å². The first kappa shape index (κ1) is 17.2. The highest BCUT2D eigenvalue weighted by molar-refractivity contribution is 7.89. The van der Waals surface area contributed by atoms with Crippen LogP contribution in [-0.4, -0.2) is 15.0 Å². The van der Waals surface area contributed by atoms with Crippen LogP contribution in [0.15, 0.2) is 53.4 Å². The van der Waals surface area contributed by atoms with E-state index in [0.717, 1.165) is 31.2 Å². The largest absolute Gasteiger partial charge is 0.240 e. The molecule has 0 bridgehead atoms. The zero-order chi connectivity index (χ0) is 17.2. The van der Waals surface area contributed by atoms with Gasteiger partial charge in [0.05, 0.1) is 4.90 Å². The van der Waals surface area contributed by atoms with Gasteiger partial charge in [0.25, 0.3) is 0 Å². The molecular formula is C20H25NO2S. The lowest BCUT2D eigenvalue weighted by molar-refractivity contribution is 0.277. The molecule has 0 heterocycles. The molecule has 2 aromatic rings. The molecule has 0 unspecified atom stereocenters. The summed E-state index contributed by atoms with van der Waals surface area (Å²) in [5.74, 6) is 0. The summed E-state index contributed by atoms with van der Waals surface area (Å²) in [6, 6.07) is 15.5. The first-order chi connectivity index (χ1) is 11.4. The van der Waals surface area contributed by atoms with Crippen LogP contribution in [-0.2, 0) is 22.9 Å². The summed E-state index contributed by atoms with van der Waals surface area (Å²) in [5.41, 5.74) is 3.78. The predicted molar refractivity (Wildman–Crippen MR) is 97.6 cm³/mol. The van der Waals surface area contributed by atoms with Crippen LogP contribution < -0.4 is 4.72 Å². The first-order valence-corrected chi connectivity index (χ1v) is 10.1. The standard InChI is InChI=1S/C20H25NO2S/c1-3-12-20(13-17-6-4-5-7-18(17)14-20)15-21-24(22,23)19-10-8-16(2)9-11-19/h4-11,21H,3,12-15H2,1-2H3. The molecular weight excluding hydrogens is 318 g/mol. The van der Waals surface area contributed by atoms with E-state index in [4.69, 9.17) is 0 Å². The van der Waals surface area contributed by atoms with Gasteiger partial charge in [-0.1, -0.05) is 55.3 Å². The summed E-state index contributed by atoms with van der Waals surface area (Å²) < 4.78 is 28.1. The van der Waals surface area contributed by atoms with Gasteiger partial charge in [0.1, 0.15) is 0 Å². The number of hydrogen-bond acceptors (Lipinski definition) is 2. The van der Waals surface area contributed by atoms with Crippen LogP contribution in [0, 0.1) is 12.3 Å². The maximum Gasteiger partial charge on any atom is 0.240 e. The molecule has 0 aromatic heterocycles. The van der Waals surface area contributed by atoms with Crippen molar-refractivity contribution in [3.63, 3.8) is 0 Å². The van der Waals surface area contributed by atoms with Crippen molar-refractivity contribution in [1.29, 1.82) is 0 Å². The number of benzene rings is 2. The predicted octanol–water partition coefficient (Wildman–Crippen LogP) is 3.86. The Labute approximate surface area is 145 Å². The Hall–Kier alpha value is -1.65. The minimum Gasteiger partial charge on any atom is -0.211 e. The molecule has 0 atom stereocenters. The quantitative estimate of drug-likeness (QED) is 0.866. The summed E-state index contributed by atoms with van der Waals surface area (Å²) in [6.07, 6.45) is 3.99. The van der Waals surface area contributed by atoms with E-state index >= 15 is 0 Å². The average Bonchev–Trinajstić information content (AvgIpc) is 2.92. The molecule has 0 spiro atoms. The molecule has 3 nitrogen and oxygen atoms in total. The third-order valence-electron chi connectivity index (χ3n) is 5.00. The third kappa shape index (κ3) is 3.55. The van der Waals surface area contributed by atoms with Gasteiger partial charge in [-0.05, 0) is 54.9 Å². The summed E-state index contributed by atoms with van der Waals surface area (Å²) in [5, 5.41) is 0. The topological polar surface area (TPSA) is 46.2 Å². The minimum atomic E-state index is -3.46. The van der Waals surface area contributed by atoms with Gasteiger partial charge in [0.2, 0.25) is 10.0 Å². The highest BCUT2D eigenvalue weighted by Gasteiger charge is 2.37. The van der Waals surface area contributed by atoms with Crippen molar-refractivity contribution < 1.29 is 8.42 Å². The molecule has 3 rings (SSSR count). The monoisotopic (exact) mass is 343 g/mol. The molecule has 1 N–H and O–H groups in total. The molecule has 128 valence electrons. The van der Waals surface area contributed by atoms with Gasteiger partial charge >= 0.3 is 0 Å². The van der Waals surface area contributed by atoms with Gasteiger partial charge < -0.3 is 0 Å². The van der Waals surface area contributed by atoms with Crippen molar-refractivity contribution in [1.82, 2.24) is 4.72 Å². The van der Waals surface area contributed by atoms with Crippen LogP contribution in [0.1, 0.15) is 36.5 Å². The van der Waals surface area contributed by atoms with E-state index in [0.29, 0.717) is 11.4 Å². The lowest BCUT2D eigenvalue weighted by atomic mass is 9.80. The fourth-order valence-electron chi connectivity index (χ4n) is 3.74. The fraction of sp³-hybridized carbons (Fsp3) is 0.400. The fourth-order valence-corrected chi connectivity index (χ4v) is 4.90. The van der Waals surface area contributed by atoms with Gasteiger partial charge in [-0.2, -0.15) is 0 Å². The maximum atomic E-state index is 12.6. The van der Waals surface area contributed by atoms with Crippen molar-refractivity contribution in [2.75, 3.05) is 6.54 Å². The number of nitrogens with one attached hydrogen (secondary N) is 1. The normalized spacial score (nSPS) is 16.1. The average molecular weight is 343 g/mol. The van der Waals surface area contributed by atoms with Crippen LogP contribution in [0.25, 0.3) is 0 Å². The molecule has 0 fully saturated rings. The van der Waals surface area contributed by atoms with E-state index in [9.17, 15) is 8.42 Å². The van der Waals surface area contributed by atoms with E-state index in [1.807, 2.05) is 19.1 Å². The molecule has 0 saturated carbocycles. The molecule has 24 heavy (non-hydrogen) atoms. The molecule has 2 aromatic carbocycles. The second-order valence-electron chi connectivity index (χ2n) is 7.01. The van der Waals surface area contributed by atoms with Gasteiger partial charge in [0, 0.05) is 6.54 Å². The lowest BCUT2D eigenvalue weighted by Gasteiger charge is -2.29. The van der Waals surface area contributed by atoms with Crippen LogP contribution in [0.2, 0.25) is 0 Å². The lowest BCUT2D eigenvalue weighted by Crippen LogP contribution is -2.38. The minimum absolute atomic E-state index is 0.00377. The number of fused-ring (bicyclic) bond motifs is 1.